The highest BCUT2D eigenvalue weighted by Crippen LogP contribution is 2.24. The van der Waals surface area contributed by atoms with Crippen molar-refractivity contribution in [3.05, 3.63) is 65.5 Å². The molecule has 0 spiro atoms. The molecule has 6 nitrogen and oxygen atoms in total. The maximum atomic E-state index is 13.2. The van der Waals surface area contributed by atoms with Crippen LogP contribution in [0.1, 0.15) is 23.6 Å². The van der Waals surface area contributed by atoms with E-state index >= 15 is 0 Å². The number of urea groups is 1. The lowest BCUT2D eigenvalue weighted by molar-refractivity contribution is 0.0890. The van der Waals surface area contributed by atoms with Crippen molar-refractivity contribution in [1.82, 2.24) is 15.1 Å². The molecule has 2 N–H and O–H groups in total. The second-order valence-corrected chi connectivity index (χ2v) is 7.26. The molecule has 1 heterocycles. The van der Waals surface area contributed by atoms with Crippen LogP contribution in [0.4, 0.5) is 14.9 Å². The van der Waals surface area contributed by atoms with Crippen LogP contribution in [0.5, 0.6) is 0 Å². The SMILES string of the molecule is CN1CCN(CCCNC(=O)Nc2ccc(F)cc2C#N)C(c2ccccc2)C1. The number of nitriles is 1. The van der Waals surface area contributed by atoms with Crippen molar-refractivity contribution >= 4 is 11.7 Å². The average molecular weight is 395 g/mol. The first-order valence-corrected chi connectivity index (χ1v) is 9.79. The highest BCUT2D eigenvalue weighted by molar-refractivity contribution is 5.90. The third-order valence-corrected chi connectivity index (χ3v) is 5.14. The van der Waals surface area contributed by atoms with Crippen LogP contribution < -0.4 is 10.6 Å². The molecule has 2 aromatic rings. The Labute approximate surface area is 170 Å². The van der Waals surface area contributed by atoms with Crippen LogP contribution >= 0.6 is 0 Å². The van der Waals surface area contributed by atoms with E-state index < -0.39 is 11.8 Å². The molecule has 1 saturated heterocycles. The fourth-order valence-electron chi connectivity index (χ4n) is 3.58. The fraction of sp³-hybridized carbons (Fsp3) is 0.364. The molecular formula is C22H26FN5O. The van der Waals surface area contributed by atoms with Gasteiger partial charge in [-0.05, 0) is 37.2 Å². The highest BCUT2D eigenvalue weighted by Gasteiger charge is 2.25. The van der Waals surface area contributed by atoms with Crippen molar-refractivity contribution in [2.75, 3.05) is 45.1 Å². The van der Waals surface area contributed by atoms with Gasteiger partial charge in [0.15, 0.2) is 0 Å². The second kappa shape index (κ2) is 10.0. The molecular weight excluding hydrogens is 369 g/mol. The van der Waals surface area contributed by atoms with E-state index in [-0.39, 0.29) is 5.56 Å². The Kier molecular flexibility index (Phi) is 7.17. The molecule has 0 aromatic heterocycles. The van der Waals surface area contributed by atoms with Gasteiger partial charge < -0.3 is 15.5 Å². The van der Waals surface area contributed by atoms with Crippen molar-refractivity contribution in [2.24, 2.45) is 0 Å². The van der Waals surface area contributed by atoms with E-state index in [2.05, 4.69) is 51.7 Å². The molecule has 29 heavy (non-hydrogen) atoms. The molecule has 7 heteroatoms. The number of benzene rings is 2. The van der Waals surface area contributed by atoms with Gasteiger partial charge in [-0.2, -0.15) is 5.26 Å². The number of likely N-dealkylation sites (N-methyl/N-ethyl adjacent to an activating group) is 1. The van der Waals surface area contributed by atoms with Gasteiger partial charge in [0, 0.05) is 38.8 Å². The lowest BCUT2D eigenvalue weighted by Gasteiger charge is -2.40. The predicted molar refractivity (Wildman–Crippen MR) is 111 cm³/mol. The highest BCUT2D eigenvalue weighted by atomic mass is 19.1. The van der Waals surface area contributed by atoms with Crippen molar-refractivity contribution in [3.8, 4) is 6.07 Å². The van der Waals surface area contributed by atoms with Crippen LogP contribution in [0.2, 0.25) is 0 Å². The molecule has 1 aliphatic rings. The molecule has 1 atom stereocenters. The number of hydrogen-bond donors (Lipinski definition) is 2. The average Bonchev–Trinajstić information content (AvgIpc) is 2.74. The maximum absolute atomic E-state index is 13.2. The van der Waals surface area contributed by atoms with Crippen molar-refractivity contribution in [2.45, 2.75) is 12.5 Å². The molecule has 2 amide bonds. The lowest BCUT2D eigenvalue weighted by Crippen LogP contribution is -2.47. The Hall–Kier alpha value is -2.95. The lowest BCUT2D eigenvalue weighted by atomic mass is 10.0. The smallest absolute Gasteiger partial charge is 0.319 e. The number of nitrogens with one attached hydrogen (secondary N) is 2. The van der Waals surface area contributed by atoms with E-state index in [1.54, 1.807) is 0 Å². The third kappa shape index (κ3) is 5.76. The zero-order valence-corrected chi connectivity index (χ0v) is 16.6. The van der Waals surface area contributed by atoms with Gasteiger partial charge in [0.25, 0.3) is 0 Å². The van der Waals surface area contributed by atoms with Gasteiger partial charge in [0.05, 0.1) is 11.3 Å². The molecule has 0 bridgehead atoms. The zero-order valence-electron chi connectivity index (χ0n) is 16.6. The molecule has 3 rings (SSSR count). The minimum absolute atomic E-state index is 0.100. The van der Waals surface area contributed by atoms with Crippen LogP contribution in [0.15, 0.2) is 48.5 Å². The number of anilines is 1. The van der Waals surface area contributed by atoms with Gasteiger partial charge in [-0.15, -0.1) is 0 Å². The van der Waals surface area contributed by atoms with Crippen molar-refractivity contribution < 1.29 is 9.18 Å². The summed E-state index contributed by atoms with van der Waals surface area (Å²) in [6, 6.07) is 16.0. The van der Waals surface area contributed by atoms with Gasteiger partial charge in [0.1, 0.15) is 11.9 Å². The number of carbonyl (C=O) groups is 1. The summed E-state index contributed by atoms with van der Waals surface area (Å²) in [4.78, 5) is 16.9. The van der Waals surface area contributed by atoms with Gasteiger partial charge in [0.2, 0.25) is 0 Å². The van der Waals surface area contributed by atoms with Crippen LogP contribution in [-0.4, -0.2) is 55.6 Å². The Morgan fingerprint density at radius 1 is 1.24 bits per heavy atom. The Balaban J connectivity index is 1.48. The first kappa shape index (κ1) is 20.8. The minimum Gasteiger partial charge on any atom is -0.338 e. The fourth-order valence-corrected chi connectivity index (χ4v) is 3.58. The monoisotopic (exact) mass is 395 g/mol. The van der Waals surface area contributed by atoms with E-state index in [9.17, 15) is 9.18 Å². The molecule has 1 unspecified atom stereocenters. The van der Waals surface area contributed by atoms with E-state index in [1.165, 1.54) is 17.7 Å². The molecule has 0 saturated carbocycles. The second-order valence-electron chi connectivity index (χ2n) is 7.26. The van der Waals surface area contributed by atoms with E-state index in [1.807, 2.05) is 12.1 Å². The van der Waals surface area contributed by atoms with Crippen molar-refractivity contribution in [3.63, 3.8) is 0 Å². The number of halogens is 1. The largest absolute Gasteiger partial charge is 0.338 e. The summed E-state index contributed by atoms with van der Waals surface area (Å²) in [7, 11) is 2.14. The number of hydrogen-bond acceptors (Lipinski definition) is 4. The standard InChI is InChI=1S/C22H26FN5O/c1-27-12-13-28(21(16-27)17-6-3-2-4-7-17)11-5-10-25-22(29)26-20-9-8-19(23)14-18(20)15-24/h2-4,6-9,14,21H,5,10-13,16H2,1H3,(H2,25,26,29). The minimum atomic E-state index is -0.507. The molecule has 0 aliphatic carbocycles. The quantitative estimate of drug-likeness (QED) is 0.737. The molecule has 152 valence electrons. The predicted octanol–water partition coefficient (Wildman–Crippen LogP) is 3.20. The van der Waals surface area contributed by atoms with Crippen LogP contribution in [-0.2, 0) is 0 Å². The number of piperazine rings is 1. The van der Waals surface area contributed by atoms with Crippen LogP contribution in [0, 0.1) is 17.1 Å². The van der Waals surface area contributed by atoms with Crippen molar-refractivity contribution in [1.29, 1.82) is 5.26 Å². The van der Waals surface area contributed by atoms with Gasteiger partial charge >= 0.3 is 6.03 Å². The van der Waals surface area contributed by atoms with Crippen LogP contribution in [0.3, 0.4) is 0 Å². The molecule has 1 fully saturated rings. The first-order chi connectivity index (χ1) is 14.1. The van der Waals surface area contributed by atoms with Gasteiger partial charge in [-0.3, -0.25) is 4.90 Å². The molecule has 0 radical (unpaired) electrons. The summed E-state index contributed by atoms with van der Waals surface area (Å²) in [5.74, 6) is -0.507. The zero-order chi connectivity index (χ0) is 20.6. The first-order valence-electron chi connectivity index (χ1n) is 9.79. The summed E-state index contributed by atoms with van der Waals surface area (Å²) in [6.07, 6.45) is 0.814. The maximum Gasteiger partial charge on any atom is 0.319 e. The summed E-state index contributed by atoms with van der Waals surface area (Å²) in [6.45, 7) is 4.40. The summed E-state index contributed by atoms with van der Waals surface area (Å²) < 4.78 is 13.2. The summed E-state index contributed by atoms with van der Waals surface area (Å²) in [5.41, 5.74) is 1.71. The number of rotatable bonds is 6. The Morgan fingerprint density at radius 3 is 2.79 bits per heavy atom. The van der Waals surface area contributed by atoms with E-state index in [0.717, 1.165) is 38.7 Å². The Morgan fingerprint density at radius 2 is 2.03 bits per heavy atom. The summed E-state index contributed by atoms with van der Waals surface area (Å²) >= 11 is 0. The number of amides is 2. The number of carbonyl (C=O) groups excluding carboxylic acids is 1. The van der Waals surface area contributed by atoms with Crippen LogP contribution in [0.25, 0.3) is 0 Å². The number of nitrogens with zero attached hydrogens (tertiary/aromatic N) is 3. The van der Waals surface area contributed by atoms with Gasteiger partial charge in [-0.25, -0.2) is 9.18 Å². The van der Waals surface area contributed by atoms with E-state index in [4.69, 9.17) is 5.26 Å². The molecule has 1 aliphatic heterocycles. The normalized spacial score (nSPS) is 17.5. The summed E-state index contributed by atoms with van der Waals surface area (Å²) in [5, 5.41) is 14.5. The Bertz CT molecular complexity index is 867. The van der Waals surface area contributed by atoms with Gasteiger partial charge in [-0.1, -0.05) is 30.3 Å². The molecule has 2 aromatic carbocycles. The topological polar surface area (TPSA) is 71.4 Å². The third-order valence-electron chi connectivity index (χ3n) is 5.14. The van der Waals surface area contributed by atoms with E-state index in [0.29, 0.717) is 18.3 Å².